The van der Waals surface area contributed by atoms with Crippen LogP contribution in [0, 0.1) is 0 Å². The zero-order valence-electron chi connectivity index (χ0n) is 47.9. The third-order valence-electron chi connectivity index (χ3n) is 10.4. The molecular weight excluding hydrogens is 1150 g/mol. The van der Waals surface area contributed by atoms with Crippen molar-refractivity contribution in [2.75, 3.05) is 59.0 Å². The van der Waals surface area contributed by atoms with Crippen molar-refractivity contribution in [2.24, 2.45) is 0 Å². The summed E-state index contributed by atoms with van der Waals surface area (Å²) in [6, 6.07) is 2.98. The van der Waals surface area contributed by atoms with Crippen LogP contribution in [0.4, 0.5) is 74.6 Å². The minimum atomic E-state index is -8.77. The first-order valence-corrected chi connectivity index (χ1v) is 24.9. The molecule has 1 unspecified atom stereocenters. The molecule has 0 bridgehead atoms. The van der Waals surface area contributed by atoms with E-state index in [9.17, 15) is 98.6 Å². The van der Waals surface area contributed by atoms with Crippen LogP contribution in [-0.2, 0) is 54.1 Å². The molecule has 0 amide bonds. The van der Waals surface area contributed by atoms with Crippen molar-refractivity contribution in [3.8, 4) is 5.75 Å². The Hall–Kier alpha value is -4.94. The van der Waals surface area contributed by atoms with Gasteiger partial charge < -0.3 is 28.4 Å². The fourth-order valence-corrected chi connectivity index (χ4v) is 7.05. The number of halogens is 17. The summed E-state index contributed by atoms with van der Waals surface area (Å²) in [6.07, 6.45) is -11.0. The third kappa shape index (κ3) is 21.9. The van der Waals surface area contributed by atoms with Gasteiger partial charge in [-0.15, -0.1) is 0 Å². The van der Waals surface area contributed by atoms with Gasteiger partial charge in [-0.25, -0.2) is 0 Å². The van der Waals surface area contributed by atoms with Crippen LogP contribution in [0.2, 0.25) is 0 Å². The highest BCUT2D eigenvalue weighted by molar-refractivity contribution is 5.76. The molecule has 0 aliphatic heterocycles. The predicted molar refractivity (Wildman–Crippen MR) is 258 cm³/mol. The largest absolute Gasteiger partial charge is 0.493 e. The molecule has 0 heterocycles. The zero-order valence-corrected chi connectivity index (χ0v) is 47.9. The van der Waals surface area contributed by atoms with Gasteiger partial charge in [0.2, 0.25) is 0 Å². The number of hydrogen-bond acceptors (Lipinski definition) is 14. The van der Waals surface area contributed by atoms with Gasteiger partial charge in [-0.05, 0) is 128 Å². The first-order valence-electron chi connectivity index (χ1n) is 24.9. The topological polar surface area (TPSA) is 150 Å². The number of ether oxygens (including phenoxy) is 6. The third-order valence-corrected chi connectivity index (χ3v) is 10.4. The van der Waals surface area contributed by atoms with E-state index in [1.807, 2.05) is 0 Å². The molecule has 0 saturated heterocycles. The molecule has 0 spiro atoms. The summed E-state index contributed by atoms with van der Waals surface area (Å²) in [4.78, 5) is 71.0. The first-order chi connectivity index (χ1) is 36.2. The lowest BCUT2D eigenvalue weighted by Crippen LogP contribution is -2.74. The Balaban J connectivity index is 3.91. The van der Waals surface area contributed by atoms with Crippen LogP contribution in [0.25, 0.3) is 0 Å². The van der Waals surface area contributed by atoms with Crippen LogP contribution < -0.4 is 4.74 Å². The molecule has 1 rings (SSSR count). The lowest BCUT2D eigenvalue weighted by molar-refractivity contribution is -0.461. The maximum absolute atomic E-state index is 14.7. The summed E-state index contributed by atoms with van der Waals surface area (Å²) < 4.78 is 268. The molecule has 476 valence electrons. The van der Waals surface area contributed by atoms with E-state index >= 15 is 0 Å². The molecule has 0 radical (unpaired) electrons. The van der Waals surface area contributed by atoms with Gasteiger partial charge in [0.15, 0.2) is 0 Å². The average molecular weight is 1230 g/mol. The zero-order chi connectivity index (χ0) is 64.7. The van der Waals surface area contributed by atoms with Gasteiger partial charge in [-0.3, -0.25) is 38.7 Å². The fourth-order valence-electron chi connectivity index (χ4n) is 7.05. The summed E-state index contributed by atoms with van der Waals surface area (Å²) in [5, 5.41) is 0. The number of carbonyl (C=O) groups is 5. The number of rotatable bonds is 28. The molecule has 14 nitrogen and oxygen atoms in total. The normalized spacial score (nSPS) is 14.7. The summed E-state index contributed by atoms with van der Waals surface area (Å²) in [5.41, 5.74) is -4.98. The quantitative estimate of drug-likeness (QED) is 0.0445. The SMILES string of the molecule is CC(C)(C)OC(=O)CN(CCN(CC(=O)OC(C)(C)C)CC(Cc1ccc(OCCC(F)(F)C(F)(F)C(F)(F)C(F)(F)C(F)(F)C(F)(F)C(F)(F)C(F)(F)F)cc1)N(CC(=O)OC(C)(C)C)CC(=O)OC(C)(C)C)CC(=O)OC(C)(C)C. The molecule has 82 heavy (non-hydrogen) atoms. The molecule has 0 fully saturated rings. The van der Waals surface area contributed by atoms with E-state index in [0.29, 0.717) is 0 Å². The Kier molecular flexibility index (Phi) is 24.3. The number of alkyl halides is 17. The van der Waals surface area contributed by atoms with Crippen LogP contribution in [0.1, 0.15) is 116 Å². The van der Waals surface area contributed by atoms with Crippen molar-refractivity contribution in [2.45, 2.75) is 198 Å². The van der Waals surface area contributed by atoms with Gasteiger partial charge in [-0.1, -0.05) is 12.1 Å². The molecule has 1 atom stereocenters. The second kappa shape index (κ2) is 26.5. The van der Waals surface area contributed by atoms with Crippen LogP contribution in [-0.4, -0.2) is 185 Å². The Labute approximate surface area is 463 Å². The summed E-state index contributed by atoms with van der Waals surface area (Å²) in [6.45, 7) is 18.2. The van der Waals surface area contributed by atoms with Gasteiger partial charge in [0, 0.05) is 25.7 Å². The molecule has 1 aromatic rings. The standard InChI is InChI=1S/C51H72F17N3O11/c1-39(2,3)78-34(72)26-69(21-22-70(27-35(73)79-40(4,5)6)28-36(74)80-41(7,8)9)25-32(71(29-37(75)81-42(10,11)12)30-38(76)82-43(13,14)15)24-31-16-18-33(19-17-31)77-23-20-44(52,53)45(54,55)46(56,57)47(58,59)48(60,61)49(62,63)50(64,65)51(66,67)68/h16-19,32H,20-30H2,1-15H3. The van der Waals surface area contributed by atoms with Gasteiger partial charge in [0.1, 0.15) is 33.8 Å². The van der Waals surface area contributed by atoms with Crippen LogP contribution in [0.5, 0.6) is 5.75 Å². The second-order valence-corrected chi connectivity index (χ2v) is 24.0. The Morgan fingerprint density at radius 2 is 0.695 bits per heavy atom. The Bertz CT molecular complexity index is 2240. The minimum absolute atomic E-state index is 0.174. The lowest BCUT2D eigenvalue weighted by Gasteiger charge is -2.42. The van der Waals surface area contributed by atoms with Crippen molar-refractivity contribution in [3.63, 3.8) is 0 Å². The van der Waals surface area contributed by atoms with Crippen LogP contribution >= 0.6 is 0 Å². The van der Waals surface area contributed by atoms with Crippen molar-refractivity contribution in [3.05, 3.63) is 29.8 Å². The van der Waals surface area contributed by atoms with Gasteiger partial charge in [-0.2, -0.15) is 74.6 Å². The Morgan fingerprint density at radius 1 is 0.402 bits per heavy atom. The molecule has 31 heteroatoms. The smallest absolute Gasteiger partial charge is 0.460 e. The summed E-state index contributed by atoms with van der Waals surface area (Å²) in [5.74, 6) is -62.2. The van der Waals surface area contributed by atoms with E-state index in [1.165, 1.54) is 56.2 Å². The van der Waals surface area contributed by atoms with E-state index in [1.54, 1.807) is 62.3 Å². The van der Waals surface area contributed by atoms with Crippen molar-refractivity contribution in [1.82, 2.24) is 14.7 Å². The number of carbonyl (C=O) groups excluding carboxylic acids is 5. The van der Waals surface area contributed by atoms with Gasteiger partial charge >= 0.3 is 77.5 Å². The molecular formula is C51H72F17N3O11. The fraction of sp³-hybridized carbons (Fsp3) is 0.784. The monoisotopic (exact) mass is 1230 g/mol. The van der Waals surface area contributed by atoms with Gasteiger partial charge in [0.25, 0.3) is 0 Å². The predicted octanol–water partition coefficient (Wildman–Crippen LogP) is 11.0. The highest BCUT2D eigenvalue weighted by atomic mass is 19.4. The average Bonchev–Trinajstić information content (AvgIpc) is 3.21. The van der Waals surface area contributed by atoms with Crippen LogP contribution in [0.15, 0.2) is 24.3 Å². The number of hydrogen-bond donors (Lipinski definition) is 0. The number of nitrogens with zero attached hydrogens (tertiary/aromatic N) is 3. The minimum Gasteiger partial charge on any atom is -0.493 e. The van der Waals surface area contributed by atoms with Crippen molar-refractivity contribution in [1.29, 1.82) is 0 Å². The molecule has 1 aromatic carbocycles. The summed E-state index contributed by atoms with van der Waals surface area (Å²) in [7, 11) is 0. The first kappa shape index (κ1) is 75.1. The van der Waals surface area contributed by atoms with Crippen molar-refractivity contribution >= 4 is 29.8 Å². The number of benzene rings is 1. The maximum Gasteiger partial charge on any atom is 0.460 e. The van der Waals surface area contributed by atoms with Crippen molar-refractivity contribution < 1.29 is 127 Å². The highest BCUT2D eigenvalue weighted by Crippen LogP contribution is 2.64. The molecule has 0 aromatic heterocycles. The highest BCUT2D eigenvalue weighted by Gasteiger charge is 2.95. The van der Waals surface area contributed by atoms with E-state index in [-0.39, 0.29) is 31.6 Å². The van der Waals surface area contributed by atoms with E-state index in [4.69, 9.17) is 28.4 Å². The van der Waals surface area contributed by atoms with E-state index in [0.717, 1.165) is 24.3 Å². The lowest BCUT2D eigenvalue weighted by atomic mass is 9.88. The van der Waals surface area contributed by atoms with Gasteiger partial charge in [0.05, 0.1) is 45.8 Å². The Morgan fingerprint density at radius 3 is 1.02 bits per heavy atom. The van der Waals surface area contributed by atoms with E-state index < -0.39 is 163 Å². The molecule has 0 saturated carbocycles. The number of esters is 5. The van der Waals surface area contributed by atoms with Crippen LogP contribution in [0.3, 0.4) is 0 Å². The van der Waals surface area contributed by atoms with E-state index in [2.05, 4.69) is 0 Å². The molecule has 0 aliphatic rings. The summed E-state index contributed by atoms with van der Waals surface area (Å²) >= 11 is 0. The molecule has 0 N–H and O–H groups in total. The maximum atomic E-state index is 14.7. The molecule has 0 aliphatic carbocycles. The second-order valence-electron chi connectivity index (χ2n) is 24.0.